The van der Waals surface area contributed by atoms with E-state index < -0.39 is 0 Å². The second-order valence-electron chi connectivity index (χ2n) is 4.18. The number of hydrogen-bond donors (Lipinski definition) is 2. The predicted molar refractivity (Wildman–Crippen MR) is 61.3 cm³/mol. The number of carbonyl (C=O) groups excluding carboxylic acids is 1. The molecule has 0 spiro atoms. The van der Waals surface area contributed by atoms with Gasteiger partial charge in [0.05, 0.1) is 0 Å². The molecule has 1 fully saturated rings. The van der Waals surface area contributed by atoms with E-state index in [-0.39, 0.29) is 11.9 Å². The molecular weight excluding hydrogens is 204 g/mol. The molecule has 1 aromatic heterocycles. The number of H-pyrrole nitrogens is 1. The summed E-state index contributed by atoms with van der Waals surface area (Å²) in [5.41, 5.74) is 1.54. The van der Waals surface area contributed by atoms with E-state index in [1.807, 2.05) is 17.9 Å². The number of aromatic nitrogens is 2. The maximum atomic E-state index is 12.2. The van der Waals surface area contributed by atoms with E-state index in [2.05, 4.69) is 22.4 Å². The van der Waals surface area contributed by atoms with Gasteiger partial charge < -0.3 is 10.2 Å². The molecule has 1 atom stereocenters. The van der Waals surface area contributed by atoms with Crippen LogP contribution in [-0.4, -0.2) is 46.7 Å². The number of carbonyl (C=O) groups is 1. The van der Waals surface area contributed by atoms with Gasteiger partial charge >= 0.3 is 0 Å². The number of hydrogen-bond acceptors (Lipinski definition) is 3. The van der Waals surface area contributed by atoms with Crippen LogP contribution >= 0.6 is 0 Å². The summed E-state index contributed by atoms with van der Waals surface area (Å²) in [6.45, 7) is 6.57. The molecule has 0 bridgehead atoms. The molecule has 5 heteroatoms. The zero-order valence-corrected chi connectivity index (χ0v) is 9.79. The summed E-state index contributed by atoms with van der Waals surface area (Å²) >= 11 is 0. The molecule has 2 rings (SSSR count). The summed E-state index contributed by atoms with van der Waals surface area (Å²) in [5, 5.41) is 10.2. The molecule has 0 saturated carbocycles. The first-order valence-corrected chi connectivity index (χ1v) is 5.78. The van der Waals surface area contributed by atoms with E-state index in [4.69, 9.17) is 0 Å². The van der Waals surface area contributed by atoms with Crippen LogP contribution in [0.25, 0.3) is 0 Å². The molecule has 16 heavy (non-hydrogen) atoms. The van der Waals surface area contributed by atoms with Gasteiger partial charge in [-0.2, -0.15) is 5.10 Å². The van der Waals surface area contributed by atoms with Gasteiger partial charge in [-0.05, 0) is 19.4 Å². The van der Waals surface area contributed by atoms with Gasteiger partial charge in [0.25, 0.3) is 5.91 Å². The maximum absolute atomic E-state index is 12.2. The van der Waals surface area contributed by atoms with Crippen molar-refractivity contribution >= 4 is 5.91 Å². The van der Waals surface area contributed by atoms with Crippen molar-refractivity contribution in [2.75, 3.05) is 19.6 Å². The Morgan fingerprint density at radius 3 is 3.12 bits per heavy atom. The summed E-state index contributed by atoms with van der Waals surface area (Å²) in [4.78, 5) is 14.0. The van der Waals surface area contributed by atoms with Crippen molar-refractivity contribution in [1.29, 1.82) is 0 Å². The molecule has 0 aromatic carbocycles. The van der Waals surface area contributed by atoms with E-state index in [9.17, 15) is 4.79 Å². The number of amides is 1. The zero-order chi connectivity index (χ0) is 11.5. The number of nitrogens with zero attached hydrogens (tertiary/aromatic N) is 2. The molecule has 2 heterocycles. The largest absolute Gasteiger partial charge is 0.332 e. The minimum atomic E-state index is 0.0324. The molecule has 2 N–H and O–H groups in total. The molecule has 88 valence electrons. The van der Waals surface area contributed by atoms with E-state index in [1.54, 1.807) is 0 Å². The van der Waals surface area contributed by atoms with E-state index in [0.717, 1.165) is 31.7 Å². The Kier molecular flexibility index (Phi) is 3.24. The van der Waals surface area contributed by atoms with Crippen LogP contribution in [0.15, 0.2) is 6.07 Å². The lowest BCUT2D eigenvalue weighted by Crippen LogP contribution is -2.52. The number of piperazine rings is 1. The molecule has 5 nitrogen and oxygen atoms in total. The zero-order valence-electron chi connectivity index (χ0n) is 9.79. The highest BCUT2D eigenvalue weighted by molar-refractivity contribution is 5.92. The molecule has 1 saturated heterocycles. The molecule has 0 unspecified atom stereocenters. The van der Waals surface area contributed by atoms with Crippen molar-refractivity contribution in [3.63, 3.8) is 0 Å². The Morgan fingerprint density at radius 1 is 1.69 bits per heavy atom. The van der Waals surface area contributed by atoms with Crippen molar-refractivity contribution in [1.82, 2.24) is 20.4 Å². The molecule has 0 radical (unpaired) electrons. The van der Waals surface area contributed by atoms with E-state index in [1.165, 1.54) is 0 Å². The highest BCUT2D eigenvalue weighted by Crippen LogP contribution is 2.09. The predicted octanol–water partition coefficient (Wildman–Crippen LogP) is 0.406. The smallest absolute Gasteiger partial charge is 0.274 e. The molecule has 1 aliphatic heterocycles. The maximum Gasteiger partial charge on any atom is 0.274 e. The van der Waals surface area contributed by atoms with Crippen LogP contribution in [0.2, 0.25) is 0 Å². The second kappa shape index (κ2) is 4.65. The molecule has 1 amide bonds. The SMILES string of the molecule is CCc1cc(C(=O)N2CCNC[C@H]2C)n[nH]1. The van der Waals surface area contributed by atoms with Crippen molar-refractivity contribution in [3.8, 4) is 0 Å². The first-order chi connectivity index (χ1) is 7.72. The number of nitrogens with one attached hydrogen (secondary N) is 2. The van der Waals surface area contributed by atoms with Gasteiger partial charge in [0.15, 0.2) is 0 Å². The van der Waals surface area contributed by atoms with Crippen LogP contribution in [0.3, 0.4) is 0 Å². The first kappa shape index (κ1) is 11.1. The standard InChI is InChI=1S/C11H18N4O/c1-3-9-6-10(14-13-9)11(16)15-5-4-12-7-8(15)2/h6,8,12H,3-5,7H2,1-2H3,(H,13,14)/t8-/m1/s1. The minimum absolute atomic E-state index is 0.0324. The van der Waals surface area contributed by atoms with Crippen molar-refractivity contribution in [2.45, 2.75) is 26.3 Å². The number of rotatable bonds is 2. The molecule has 1 aliphatic rings. The van der Waals surface area contributed by atoms with Gasteiger partial charge in [0, 0.05) is 31.4 Å². The summed E-state index contributed by atoms with van der Waals surface area (Å²) in [7, 11) is 0. The lowest BCUT2D eigenvalue weighted by atomic mass is 10.2. The Morgan fingerprint density at radius 2 is 2.50 bits per heavy atom. The fourth-order valence-electron chi connectivity index (χ4n) is 1.94. The topological polar surface area (TPSA) is 61.0 Å². The van der Waals surface area contributed by atoms with Gasteiger partial charge in [0.2, 0.25) is 0 Å². The summed E-state index contributed by atoms with van der Waals surface area (Å²) in [5.74, 6) is 0.0324. The highest BCUT2D eigenvalue weighted by Gasteiger charge is 2.25. The lowest BCUT2D eigenvalue weighted by molar-refractivity contribution is 0.0649. The van der Waals surface area contributed by atoms with Crippen molar-refractivity contribution in [3.05, 3.63) is 17.5 Å². The monoisotopic (exact) mass is 222 g/mol. The third kappa shape index (κ3) is 2.09. The van der Waals surface area contributed by atoms with Gasteiger partial charge in [-0.3, -0.25) is 9.89 Å². The van der Waals surface area contributed by atoms with Gasteiger partial charge in [-0.15, -0.1) is 0 Å². The Labute approximate surface area is 95.2 Å². The summed E-state index contributed by atoms with van der Waals surface area (Å²) in [6, 6.07) is 2.08. The quantitative estimate of drug-likeness (QED) is 0.761. The van der Waals surface area contributed by atoms with Crippen LogP contribution in [0.1, 0.15) is 30.0 Å². The van der Waals surface area contributed by atoms with Crippen molar-refractivity contribution < 1.29 is 4.79 Å². The Balaban J connectivity index is 2.11. The fourth-order valence-corrected chi connectivity index (χ4v) is 1.94. The van der Waals surface area contributed by atoms with Crippen LogP contribution in [-0.2, 0) is 6.42 Å². The third-order valence-corrected chi connectivity index (χ3v) is 2.99. The molecule has 0 aliphatic carbocycles. The normalized spacial score (nSPS) is 21.1. The van der Waals surface area contributed by atoms with Crippen molar-refractivity contribution in [2.24, 2.45) is 0 Å². The molecular formula is C11H18N4O. The van der Waals surface area contributed by atoms with Crippen LogP contribution < -0.4 is 5.32 Å². The van der Waals surface area contributed by atoms with E-state index in [0.29, 0.717) is 5.69 Å². The third-order valence-electron chi connectivity index (χ3n) is 2.99. The average molecular weight is 222 g/mol. The molecule has 1 aromatic rings. The van der Waals surface area contributed by atoms with Gasteiger partial charge in [-0.1, -0.05) is 6.92 Å². The van der Waals surface area contributed by atoms with Crippen LogP contribution in [0, 0.1) is 0 Å². The summed E-state index contributed by atoms with van der Waals surface area (Å²) < 4.78 is 0. The van der Waals surface area contributed by atoms with Gasteiger partial charge in [-0.25, -0.2) is 0 Å². The summed E-state index contributed by atoms with van der Waals surface area (Å²) in [6.07, 6.45) is 0.872. The Bertz CT molecular complexity index is 374. The lowest BCUT2D eigenvalue weighted by Gasteiger charge is -2.33. The number of aromatic amines is 1. The fraction of sp³-hybridized carbons (Fsp3) is 0.636. The Hall–Kier alpha value is -1.36. The van der Waals surface area contributed by atoms with Crippen LogP contribution in [0.4, 0.5) is 0 Å². The first-order valence-electron chi connectivity index (χ1n) is 5.78. The minimum Gasteiger partial charge on any atom is -0.332 e. The van der Waals surface area contributed by atoms with Gasteiger partial charge in [0.1, 0.15) is 5.69 Å². The van der Waals surface area contributed by atoms with E-state index >= 15 is 0 Å². The van der Waals surface area contributed by atoms with Crippen LogP contribution in [0.5, 0.6) is 0 Å². The second-order valence-corrected chi connectivity index (χ2v) is 4.18. The average Bonchev–Trinajstić information content (AvgIpc) is 2.77. The number of aryl methyl sites for hydroxylation is 1. The highest BCUT2D eigenvalue weighted by atomic mass is 16.2.